The van der Waals surface area contributed by atoms with Crippen LogP contribution in [0.1, 0.15) is 62.3 Å². The third-order valence-electron chi connectivity index (χ3n) is 13.7. The fraction of sp³-hybridized carbons (Fsp3) is 0.141. The molecular weight excluding hydrogens is 1050 g/mol. The van der Waals surface area contributed by atoms with Gasteiger partial charge >= 0.3 is 0 Å². The van der Waals surface area contributed by atoms with Crippen LogP contribution in [0.5, 0.6) is 11.5 Å². The third kappa shape index (κ3) is 7.77. The number of fused-ring (bicyclic) bond motifs is 10. The Bertz CT molecular complexity index is 4170. The fourth-order valence-corrected chi connectivity index (χ4v) is 10.2. The molecule has 0 saturated heterocycles. The summed E-state index contributed by atoms with van der Waals surface area (Å²) in [6, 6.07) is 62.7. The van der Waals surface area contributed by atoms with Crippen LogP contribution in [-0.4, -0.2) is 14.1 Å². The zero-order chi connectivity index (χ0) is 50.6. The van der Waals surface area contributed by atoms with Gasteiger partial charge in [0, 0.05) is 54.1 Å². The van der Waals surface area contributed by atoms with E-state index in [9.17, 15) is 0 Å². The molecule has 11 aromatic rings. The Labute approximate surface area is 433 Å². The molecule has 0 radical (unpaired) electrons. The van der Waals surface area contributed by atoms with Crippen LogP contribution in [0.25, 0.3) is 86.9 Å². The fourth-order valence-electron chi connectivity index (χ4n) is 10.2. The summed E-state index contributed by atoms with van der Waals surface area (Å²) in [6.07, 6.45) is 1.87. The van der Waals surface area contributed by atoms with Crippen LogP contribution in [0.4, 0.5) is 17.1 Å². The van der Waals surface area contributed by atoms with Crippen molar-refractivity contribution in [2.45, 2.75) is 59.2 Å². The van der Waals surface area contributed by atoms with Crippen LogP contribution in [0.2, 0.25) is 0 Å². The first kappa shape index (κ1) is 42.1. The Morgan fingerprint density at radius 3 is 1.94 bits per heavy atom. The number of ether oxygens (including phenoxy) is 1. The van der Waals surface area contributed by atoms with Crippen LogP contribution < -0.4 is 9.64 Å². The van der Waals surface area contributed by atoms with Crippen LogP contribution in [-0.2, 0) is 31.9 Å². The van der Waals surface area contributed by atoms with Gasteiger partial charge in [0.15, 0.2) is 0 Å². The number of benzene rings is 8. The molecule has 0 atom stereocenters. The maximum Gasteiger partial charge on any atom is 0.135 e. The summed E-state index contributed by atoms with van der Waals surface area (Å²) in [5.74, 6) is 1.61. The monoisotopic (exact) mass is 1100 g/mol. The van der Waals surface area contributed by atoms with Crippen molar-refractivity contribution in [3.8, 4) is 28.4 Å². The number of pyridine rings is 1. The standard InChI is InChI=1S/C64H50N5O.Pt/c1-40-31-41(33-43(32-40)64(5,6)7)48-22-15-23-55-51-19-11-9-17-49(51)50-18-10-12-20-52(50)56-24-16-26-58-62(56)68(61(48)55)39-67(58)45-35-44(65-8)36-47(37-45)70-46-27-28-54-53-21-13-14-25-57(53)69(59(54)38-46)60-34-42(29-30-66-60)63(2,3)4;/h9-36,39H,1-7H3;/q-3;/i1D3;. The van der Waals surface area contributed by atoms with Gasteiger partial charge in [-0.1, -0.05) is 174 Å². The van der Waals surface area contributed by atoms with Crippen molar-refractivity contribution in [3.63, 3.8) is 0 Å². The van der Waals surface area contributed by atoms with Gasteiger partial charge in [-0.25, -0.2) is 4.98 Å². The molecule has 0 aliphatic carbocycles. The molecule has 8 aromatic carbocycles. The molecule has 0 spiro atoms. The van der Waals surface area contributed by atoms with Crippen LogP contribution >= 0.6 is 0 Å². The minimum absolute atomic E-state index is 0. The summed E-state index contributed by atoms with van der Waals surface area (Å²) in [4.78, 5) is 10.9. The van der Waals surface area contributed by atoms with Gasteiger partial charge in [-0.3, -0.25) is 4.85 Å². The minimum Gasteiger partial charge on any atom is -0.510 e. The SMILES string of the molecule is [2H]C([2H])([2H])c1cc(-c2cccc3c4ccccc4c4ccccc4c4cccc5c4n(c23)[CH-]N5c2[c-]c(Oc3[c-]c4c(cc3)c3ccccc3n4-c3cc(C(C)(C)C)ccn3)cc([N+]#[C-])c2)cc(C(C)(C)C)c1.[Pt]. The summed E-state index contributed by atoms with van der Waals surface area (Å²) in [5.41, 5.74) is 9.16. The van der Waals surface area contributed by atoms with Gasteiger partial charge in [-0.05, 0) is 120 Å². The molecule has 6 nitrogen and oxygen atoms in total. The van der Waals surface area contributed by atoms with Crippen molar-refractivity contribution in [3.05, 3.63) is 217 Å². The first-order chi connectivity index (χ1) is 35.0. The van der Waals surface area contributed by atoms with Gasteiger partial charge in [-0.2, -0.15) is 6.07 Å². The number of para-hydroxylation sites is 3. The number of hydrogen-bond acceptors (Lipinski definition) is 3. The number of aryl methyl sites for hydroxylation is 1. The number of rotatable bonds is 5. The van der Waals surface area contributed by atoms with Crippen LogP contribution in [0, 0.1) is 32.2 Å². The molecule has 4 heterocycles. The first-order valence-electron chi connectivity index (χ1n) is 25.1. The van der Waals surface area contributed by atoms with Gasteiger partial charge in [0.05, 0.1) is 12.3 Å². The Morgan fingerprint density at radius 2 is 1.25 bits per heavy atom. The van der Waals surface area contributed by atoms with E-state index < -0.39 is 6.85 Å². The molecule has 0 unspecified atom stereocenters. The van der Waals surface area contributed by atoms with Crippen molar-refractivity contribution in [2.24, 2.45) is 0 Å². The number of anilines is 2. The topological polar surface area (TPSA) is 39.6 Å². The molecule has 1 aliphatic heterocycles. The summed E-state index contributed by atoms with van der Waals surface area (Å²) in [7, 11) is 0. The molecular formula is C64H50N5OPt-3. The maximum absolute atomic E-state index is 8.61. The summed E-state index contributed by atoms with van der Waals surface area (Å²) >= 11 is 0. The molecule has 71 heavy (non-hydrogen) atoms. The van der Waals surface area contributed by atoms with E-state index in [1.54, 1.807) is 6.07 Å². The molecule has 0 saturated carbocycles. The average molecular weight is 1100 g/mol. The molecule has 0 N–H and O–H groups in total. The molecule has 0 amide bonds. The van der Waals surface area contributed by atoms with Gasteiger partial charge < -0.3 is 18.8 Å². The summed E-state index contributed by atoms with van der Waals surface area (Å²) in [6.45, 7) is 21.0. The molecule has 1 aliphatic rings. The van der Waals surface area contributed by atoms with E-state index in [2.05, 4.69) is 201 Å². The average Bonchev–Trinajstić information content (AvgIpc) is 3.94. The van der Waals surface area contributed by atoms with E-state index in [0.717, 1.165) is 93.4 Å². The van der Waals surface area contributed by atoms with Gasteiger partial charge in [0.1, 0.15) is 5.82 Å². The second-order valence-electron chi connectivity index (χ2n) is 20.3. The van der Waals surface area contributed by atoms with E-state index in [1.165, 1.54) is 5.56 Å². The van der Waals surface area contributed by atoms with E-state index >= 15 is 0 Å². The Morgan fingerprint density at radius 1 is 0.606 bits per heavy atom. The molecule has 0 fully saturated rings. The summed E-state index contributed by atoms with van der Waals surface area (Å²) < 4.78 is 36.9. The summed E-state index contributed by atoms with van der Waals surface area (Å²) in [5, 5.41) is 8.36. The van der Waals surface area contributed by atoms with Crippen molar-refractivity contribution in [2.75, 3.05) is 4.90 Å². The molecule has 7 heteroatoms. The zero-order valence-electron chi connectivity index (χ0n) is 43.2. The van der Waals surface area contributed by atoms with Crippen molar-refractivity contribution >= 4 is 82.2 Å². The minimum atomic E-state index is -2.33. The van der Waals surface area contributed by atoms with Crippen LogP contribution in [0.15, 0.2) is 170 Å². The van der Waals surface area contributed by atoms with Crippen molar-refractivity contribution in [1.29, 1.82) is 0 Å². The smallest absolute Gasteiger partial charge is 0.135 e. The second-order valence-corrected chi connectivity index (χ2v) is 20.3. The Hall–Kier alpha value is -7.84. The van der Waals surface area contributed by atoms with Gasteiger partial charge in [0.25, 0.3) is 0 Å². The number of nitrogens with zero attached hydrogens (tertiary/aromatic N) is 5. The predicted molar refractivity (Wildman–Crippen MR) is 291 cm³/mol. The maximum atomic E-state index is 8.61. The van der Waals surface area contributed by atoms with Crippen molar-refractivity contribution < 1.29 is 29.9 Å². The normalized spacial score (nSPS) is 13.2. The van der Waals surface area contributed by atoms with Crippen molar-refractivity contribution in [1.82, 2.24) is 14.1 Å². The predicted octanol–water partition coefficient (Wildman–Crippen LogP) is 17.3. The van der Waals surface area contributed by atoms with E-state index in [-0.39, 0.29) is 31.9 Å². The Balaban J connectivity index is 0.00000588. The van der Waals surface area contributed by atoms with Gasteiger partial charge in [-0.15, -0.1) is 35.7 Å². The number of hydrogen-bond donors (Lipinski definition) is 0. The zero-order valence-corrected chi connectivity index (χ0v) is 42.5. The number of aromatic nitrogens is 3. The largest absolute Gasteiger partial charge is 0.510 e. The quantitative estimate of drug-likeness (QED) is 0.161. The molecule has 3 aromatic heterocycles. The van der Waals surface area contributed by atoms with Gasteiger partial charge in [0.2, 0.25) is 0 Å². The van der Waals surface area contributed by atoms with E-state index in [4.69, 9.17) is 20.4 Å². The van der Waals surface area contributed by atoms with Crippen LogP contribution in [0.3, 0.4) is 0 Å². The van der Waals surface area contributed by atoms with E-state index in [1.807, 2.05) is 42.6 Å². The van der Waals surface area contributed by atoms with E-state index in [0.29, 0.717) is 28.4 Å². The second kappa shape index (κ2) is 17.2. The molecule has 12 rings (SSSR count). The molecule has 0 bridgehead atoms. The Kier molecular flexibility index (Phi) is 10.2. The molecule has 350 valence electrons. The first-order valence-corrected chi connectivity index (χ1v) is 23.6. The third-order valence-corrected chi connectivity index (χ3v) is 13.7.